The zero-order valence-electron chi connectivity index (χ0n) is 13.1. The standard InChI is InChI=1S/C16H28N4O/c1-2-9-17-15(14-12-18-20-19-14)13-6-10-21-16(11-13)7-4-3-5-8-16/h12-13,15,17H,2-11H2,1H3,(H,18,19,20). The summed E-state index contributed by atoms with van der Waals surface area (Å²) in [6.07, 6.45) is 11.8. The second-order valence-corrected chi connectivity index (χ2v) is 6.67. The van der Waals surface area contributed by atoms with Crippen molar-refractivity contribution >= 4 is 0 Å². The number of ether oxygens (including phenoxy) is 1. The number of nitrogens with one attached hydrogen (secondary N) is 2. The van der Waals surface area contributed by atoms with Gasteiger partial charge in [-0.2, -0.15) is 15.4 Å². The lowest BCUT2D eigenvalue weighted by atomic mass is 9.73. The molecule has 5 nitrogen and oxygen atoms in total. The van der Waals surface area contributed by atoms with E-state index in [4.69, 9.17) is 4.74 Å². The number of aromatic amines is 1. The van der Waals surface area contributed by atoms with Gasteiger partial charge in [-0.1, -0.05) is 26.2 Å². The van der Waals surface area contributed by atoms with Crippen LogP contribution in [0.2, 0.25) is 0 Å². The van der Waals surface area contributed by atoms with Crippen molar-refractivity contribution in [1.82, 2.24) is 20.7 Å². The molecule has 1 spiro atoms. The minimum atomic E-state index is 0.150. The summed E-state index contributed by atoms with van der Waals surface area (Å²) in [7, 11) is 0. The first kappa shape index (κ1) is 15.0. The van der Waals surface area contributed by atoms with Crippen molar-refractivity contribution in [2.24, 2.45) is 5.92 Å². The van der Waals surface area contributed by atoms with E-state index in [0.29, 0.717) is 12.0 Å². The molecule has 2 fully saturated rings. The summed E-state index contributed by atoms with van der Waals surface area (Å²) in [4.78, 5) is 0. The summed E-state index contributed by atoms with van der Waals surface area (Å²) >= 11 is 0. The molecule has 2 heterocycles. The van der Waals surface area contributed by atoms with E-state index in [-0.39, 0.29) is 5.60 Å². The van der Waals surface area contributed by atoms with Crippen LogP contribution in [0.1, 0.15) is 70.0 Å². The van der Waals surface area contributed by atoms with Crippen LogP contribution in [0.25, 0.3) is 0 Å². The van der Waals surface area contributed by atoms with Gasteiger partial charge >= 0.3 is 0 Å². The average molecular weight is 292 g/mol. The molecule has 2 unspecified atom stereocenters. The highest BCUT2D eigenvalue weighted by Gasteiger charge is 2.41. The number of hydrogen-bond donors (Lipinski definition) is 2. The minimum Gasteiger partial charge on any atom is -0.375 e. The number of H-pyrrole nitrogens is 1. The van der Waals surface area contributed by atoms with Gasteiger partial charge in [0.15, 0.2) is 0 Å². The quantitative estimate of drug-likeness (QED) is 0.876. The molecule has 0 aromatic carbocycles. The van der Waals surface area contributed by atoms with Gasteiger partial charge in [-0.05, 0) is 44.6 Å². The van der Waals surface area contributed by atoms with Crippen LogP contribution in [0.15, 0.2) is 6.20 Å². The number of rotatable bonds is 5. The summed E-state index contributed by atoms with van der Waals surface area (Å²) in [5, 5.41) is 14.8. The van der Waals surface area contributed by atoms with E-state index < -0.39 is 0 Å². The van der Waals surface area contributed by atoms with Crippen molar-refractivity contribution in [2.45, 2.75) is 69.9 Å². The lowest BCUT2D eigenvalue weighted by molar-refractivity contribution is -0.122. The van der Waals surface area contributed by atoms with Crippen LogP contribution in [0.3, 0.4) is 0 Å². The van der Waals surface area contributed by atoms with Gasteiger partial charge in [-0.15, -0.1) is 0 Å². The molecule has 1 saturated carbocycles. The molecule has 2 aliphatic rings. The van der Waals surface area contributed by atoms with Crippen LogP contribution in [-0.4, -0.2) is 34.2 Å². The van der Waals surface area contributed by atoms with Crippen LogP contribution in [-0.2, 0) is 4.74 Å². The highest BCUT2D eigenvalue weighted by molar-refractivity contribution is 5.05. The summed E-state index contributed by atoms with van der Waals surface area (Å²) < 4.78 is 6.24. The molecule has 3 rings (SSSR count). The smallest absolute Gasteiger partial charge is 0.0996 e. The SMILES string of the molecule is CCCNC(c1cn[nH]n1)C1CCOC2(CCCCC2)C1. The van der Waals surface area contributed by atoms with Crippen LogP contribution in [0.5, 0.6) is 0 Å². The fourth-order valence-electron chi connectivity index (χ4n) is 4.07. The second-order valence-electron chi connectivity index (χ2n) is 6.67. The Labute approximate surface area is 127 Å². The van der Waals surface area contributed by atoms with Crippen LogP contribution in [0.4, 0.5) is 0 Å². The fraction of sp³-hybridized carbons (Fsp3) is 0.875. The molecule has 2 N–H and O–H groups in total. The van der Waals surface area contributed by atoms with Gasteiger partial charge < -0.3 is 10.1 Å². The Balaban J connectivity index is 1.72. The monoisotopic (exact) mass is 292 g/mol. The van der Waals surface area contributed by atoms with Gasteiger partial charge in [0.2, 0.25) is 0 Å². The molecular weight excluding hydrogens is 264 g/mol. The molecule has 1 saturated heterocycles. The van der Waals surface area contributed by atoms with Crippen molar-refractivity contribution in [2.75, 3.05) is 13.2 Å². The first-order valence-electron chi connectivity index (χ1n) is 8.56. The van der Waals surface area contributed by atoms with Gasteiger partial charge in [-0.25, -0.2) is 0 Å². The Morgan fingerprint density at radius 3 is 3.00 bits per heavy atom. The maximum Gasteiger partial charge on any atom is 0.0996 e. The van der Waals surface area contributed by atoms with Gasteiger partial charge in [0, 0.05) is 6.61 Å². The first-order chi connectivity index (χ1) is 10.3. The van der Waals surface area contributed by atoms with Crippen LogP contribution in [0, 0.1) is 5.92 Å². The fourth-order valence-corrected chi connectivity index (χ4v) is 4.07. The predicted octanol–water partition coefficient (Wildman–Crippen LogP) is 2.97. The highest BCUT2D eigenvalue weighted by atomic mass is 16.5. The molecular formula is C16H28N4O. The molecule has 5 heteroatoms. The molecule has 2 atom stereocenters. The number of aromatic nitrogens is 3. The highest BCUT2D eigenvalue weighted by Crippen LogP contribution is 2.43. The molecule has 118 valence electrons. The normalized spacial score (nSPS) is 26.8. The van der Waals surface area contributed by atoms with Gasteiger partial charge in [0.05, 0.1) is 23.5 Å². The maximum absolute atomic E-state index is 6.24. The lowest BCUT2D eigenvalue weighted by Crippen LogP contribution is -2.45. The van der Waals surface area contributed by atoms with Gasteiger partial charge in [0.25, 0.3) is 0 Å². The zero-order chi connectivity index (χ0) is 14.5. The van der Waals surface area contributed by atoms with Gasteiger partial charge in [0.1, 0.15) is 0 Å². The molecule has 1 aliphatic carbocycles. The van der Waals surface area contributed by atoms with E-state index >= 15 is 0 Å². The van der Waals surface area contributed by atoms with Crippen molar-refractivity contribution in [3.63, 3.8) is 0 Å². The second kappa shape index (κ2) is 6.88. The van der Waals surface area contributed by atoms with Crippen molar-refractivity contribution < 1.29 is 4.74 Å². The molecule has 0 bridgehead atoms. The summed E-state index contributed by atoms with van der Waals surface area (Å²) in [6, 6.07) is 0.311. The topological polar surface area (TPSA) is 62.8 Å². The number of hydrogen-bond acceptors (Lipinski definition) is 4. The van der Waals surface area contributed by atoms with Crippen molar-refractivity contribution in [3.05, 3.63) is 11.9 Å². The van der Waals surface area contributed by atoms with E-state index in [1.807, 2.05) is 6.20 Å². The van der Waals surface area contributed by atoms with E-state index in [2.05, 4.69) is 27.7 Å². The third kappa shape index (κ3) is 3.46. The molecule has 21 heavy (non-hydrogen) atoms. The van der Waals surface area contributed by atoms with E-state index in [1.165, 1.54) is 38.5 Å². The summed E-state index contributed by atoms with van der Waals surface area (Å²) in [5.41, 5.74) is 1.21. The largest absolute Gasteiger partial charge is 0.375 e. The Kier molecular flexibility index (Phi) is 4.91. The van der Waals surface area contributed by atoms with Crippen molar-refractivity contribution in [3.8, 4) is 0 Å². The first-order valence-corrected chi connectivity index (χ1v) is 8.56. The third-order valence-corrected chi connectivity index (χ3v) is 5.13. The molecule has 0 amide bonds. The summed E-state index contributed by atoms with van der Waals surface area (Å²) in [5.74, 6) is 0.605. The summed E-state index contributed by atoms with van der Waals surface area (Å²) in [6.45, 7) is 4.13. The lowest BCUT2D eigenvalue weighted by Gasteiger charge is -2.45. The van der Waals surface area contributed by atoms with E-state index in [0.717, 1.165) is 31.7 Å². The van der Waals surface area contributed by atoms with Crippen molar-refractivity contribution in [1.29, 1.82) is 0 Å². The van der Waals surface area contributed by atoms with E-state index in [1.54, 1.807) is 0 Å². The molecule has 0 radical (unpaired) electrons. The van der Waals surface area contributed by atoms with E-state index in [9.17, 15) is 0 Å². The Morgan fingerprint density at radius 1 is 1.43 bits per heavy atom. The van der Waals surface area contributed by atoms with Crippen LogP contribution >= 0.6 is 0 Å². The predicted molar refractivity (Wildman–Crippen MR) is 81.9 cm³/mol. The molecule has 1 aromatic rings. The zero-order valence-corrected chi connectivity index (χ0v) is 13.1. The molecule has 1 aromatic heterocycles. The molecule has 1 aliphatic heterocycles. The average Bonchev–Trinajstić information content (AvgIpc) is 3.03. The maximum atomic E-state index is 6.24. The Morgan fingerprint density at radius 2 is 2.29 bits per heavy atom. The Bertz CT molecular complexity index is 408. The third-order valence-electron chi connectivity index (χ3n) is 5.13. The Hall–Kier alpha value is -0.940. The number of nitrogens with zero attached hydrogens (tertiary/aromatic N) is 2. The van der Waals surface area contributed by atoms with Crippen LogP contribution < -0.4 is 5.32 Å². The van der Waals surface area contributed by atoms with Gasteiger partial charge in [-0.3, -0.25) is 0 Å². The minimum absolute atomic E-state index is 0.150.